The Labute approximate surface area is 242 Å². The Balaban J connectivity index is 0. The Morgan fingerprint density at radius 1 is 0.778 bits per heavy atom. The first-order valence-corrected chi connectivity index (χ1v) is 13.8. The fraction of sp³-hybridized carbons (Fsp3) is 0.690. The third-order valence-corrected chi connectivity index (χ3v) is 6.20. The van der Waals surface area contributed by atoms with E-state index < -0.39 is 18.0 Å². The topological polar surface area (TPSA) is 92.7 Å². The van der Waals surface area contributed by atoms with Gasteiger partial charge in [-0.15, -0.1) is 0 Å². The number of unbranched alkanes of at least 4 members (excludes halogenated alkanes) is 12. The quantitative estimate of drug-likeness (QED) is 0.119. The Hall–Kier alpha value is -1.37. The van der Waals surface area contributed by atoms with Crippen molar-refractivity contribution >= 4 is 17.8 Å². The number of phenols is 1. The van der Waals surface area contributed by atoms with Gasteiger partial charge in [0.1, 0.15) is 11.8 Å². The van der Waals surface area contributed by atoms with Gasteiger partial charge in [-0.3, -0.25) is 9.59 Å². The molecule has 0 aliphatic rings. The number of aromatic hydroxyl groups is 1. The Morgan fingerprint density at radius 2 is 1.25 bits per heavy atom. The van der Waals surface area contributed by atoms with Gasteiger partial charge < -0.3 is 16.6 Å². The summed E-state index contributed by atoms with van der Waals surface area (Å²) < 4.78 is 5.09. The monoisotopic (exact) mass is 513 g/mol. The first kappa shape index (κ1) is 34.6. The van der Waals surface area contributed by atoms with Crippen LogP contribution in [0.3, 0.4) is 0 Å². The van der Waals surface area contributed by atoms with Crippen molar-refractivity contribution in [3.8, 4) is 5.75 Å². The SMILES string of the molecule is CCCCCCCCCC(=O)N[C@@H](Cc1ccc(O)cc1)C(=O)OC(=O)CCCCCCCCC.[H-].[Na+]. The minimum atomic E-state index is -0.936. The van der Waals surface area contributed by atoms with Gasteiger partial charge in [-0.1, -0.05) is 103 Å². The third-order valence-electron chi connectivity index (χ3n) is 6.20. The van der Waals surface area contributed by atoms with E-state index in [-0.39, 0.29) is 55.5 Å². The van der Waals surface area contributed by atoms with Crippen LogP contribution in [-0.2, 0) is 25.5 Å². The van der Waals surface area contributed by atoms with E-state index in [0.29, 0.717) is 12.8 Å². The van der Waals surface area contributed by atoms with Gasteiger partial charge in [-0.2, -0.15) is 0 Å². The molecule has 1 amide bonds. The number of rotatable bonds is 20. The fourth-order valence-electron chi connectivity index (χ4n) is 4.03. The maximum absolute atomic E-state index is 12.7. The van der Waals surface area contributed by atoms with Crippen LogP contribution in [0.25, 0.3) is 0 Å². The molecule has 36 heavy (non-hydrogen) atoms. The Morgan fingerprint density at radius 3 is 1.78 bits per heavy atom. The van der Waals surface area contributed by atoms with Crippen LogP contribution in [0.15, 0.2) is 24.3 Å². The van der Waals surface area contributed by atoms with E-state index in [1.54, 1.807) is 12.1 Å². The molecule has 7 heteroatoms. The molecule has 6 nitrogen and oxygen atoms in total. The molecule has 0 bridgehead atoms. The second-order valence-corrected chi connectivity index (χ2v) is 9.53. The van der Waals surface area contributed by atoms with Gasteiger partial charge in [0.15, 0.2) is 0 Å². The molecule has 0 heterocycles. The summed E-state index contributed by atoms with van der Waals surface area (Å²) >= 11 is 0. The number of carbonyl (C=O) groups is 3. The van der Waals surface area contributed by atoms with Crippen molar-refractivity contribution in [2.45, 2.75) is 129 Å². The van der Waals surface area contributed by atoms with Crippen molar-refractivity contribution in [1.82, 2.24) is 5.32 Å². The molecule has 0 aliphatic heterocycles. The molecule has 1 aromatic carbocycles. The smallest absolute Gasteiger partial charge is 1.00 e. The largest absolute Gasteiger partial charge is 1.00 e. The van der Waals surface area contributed by atoms with Gasteiger partial charge in [0, 0.05) is 19.3 Å². The molecular weight excluding hydrogens is 465 g/mol. The summed E-state index contributed by atoms with van der Waals surface area (Å²) in [6.07, 6.45) is 16.1. The number of hydrogen-bond donors (Lipinski definition) is 2. The molecule has 0 aliphatic carbocycles. The van der Waals surface area contributed by atoms with Gasteiger partial charge in [-0.05, 0) is 30.5 Å². The van der Waals surface area contributed by atoms with Crippen LogP contribution in [0, 0.1) is 0 Å². The zero-order valence-electron chi connectivity index (χ0n) is 24.0. The minimum Gasteiger partial charge on any atom is -1.00 e. The molecule has 0 radical (unpaired) electrons. The number of nitrogens with one attached hydrogen (secondary N) is 1. The molecule has 0 unspecified atom stereocenters. The van der Waals surface area contributed by atoms with E-state index in [1.165, 1.54) is 63.5 Å². The van der Waals surface area contributed by atoms with E-state index in [4.69, 9.17) is 4.74 Å². The summed E-state index contributed by atoms with van der Waals surface area (Å²) in [5.74, 6) is -1.35. The second kappa shape index (κ2) is 22.8. The number of phenolic OH excluding ortho intramolecular Hbond substituents is 1. The van der Waals surface area contributed by atoms with Crippen LogP contribution in [0.1, 0.15) is 124 Å². The van der Waals surface area contributed by atoms with Crippen molar-refractivity contribution in [3.63, 3.8) is 0 Å². The van der Waals surface area contributed by atoms with Crippen LogP contribution in [-0.4, -0.2) is 29.0 Å². The van der Waals surface area contributed by atoms with Crippen LogP contribution in [0.4, 0.5) is 0 Å². The van der Waals surface area contributed by atoms with Crippen molar-refractivity contribution in [3.05, 3.63) is 29.8 Å². The number of amides is 1. The average Bonchev–Trinajstić information content (AvgIpc) is 2.83. The summed E-state index contributed by atoms with van der Waals surface area (Å²) in [6, 6.07) is 5.51. The maximum atomic E-state index is 12.7. The van der Waals surface area contributed by atoms with Gasteiger partial charge in [0.2, 0.25) is 5.91 Å². The molecule has 1 aromatic rings. The molecular formula is C29H48NNaO5. The summed E-state index contributed by atoms with van der Waals surface area (Å²) in [6.45, 7) is 4.37. The predicted molar refractivity (Wildman–Crippen MR) is 141 cm³/mol. The number of benzene rings is 1. The molecule has 1 atom stereocenters. The first-order chi connectivity index (χ1) is 17.0. The van der Waals surface area contributed by atoms with Crippen LogP contribution >= 0.6 is 0 Å². The van der Waals surface area contributed by atoms with Gasteiger partial charge in [0.25, 0.3) is 0 Å². The number of ether oxygens (including phenoxy) is 1. The number of hydrogen-bond acceptors (Lipinski definition) is 5. The standard InChI is InChI=1S/C29H47NO5.Na.H/c1-3-5-7-9-11-13-15-17-27(32)30-26(23-24-19-21-25(31)22-20-24)29(34)35-28(33)18-16-14-12-10-8-6-4-2;;/h19-22,26,31H,3-18,23H2,1-2H3,(H,30,32);;/q;+1;-1/t26-;;/m0../s1. The average molecular weight is 514 g/mol. The van der Waals surface area contributed by atoms with Crippen molar-refractivity contribution < 1.29 is 55.2 Å². The summed E-state index contributed by atoms with van der Waals surface area (Å²) in [5.41, 5.74) is 0.764. The fourth-order valence-corrected chi connectivity index (χ4v) is 4.03. The van der Waals surface area contributed by atoms with E-state index in [2.05, 4.69) is 19.2 Å². The molecule has 200 valence electrons. The molecule has 1 rings (SSSR count). The summed E-state index contributed by atoms with van der Waals surface area (Å²) in [4.78, 5) is 37.4. The minimum absolute atomic E-state index is 0. The Bertz CT molecular complexity index is 730. The summed E-state index contributed by atoms with van der Waals surface area (Å²) in [7, 11) is 0. The molecule has 0 spiro atoms. The summed E-state index contributed by atoms with van der Waals surface area (Å²) in [5, 5.41) is 12.3. The van der Waals surface area contributed by atoms with Gasteiger partial charge in [0.05, 0.1) is 0 Å². The van der Waals surface area contributed by atoms with E-state index >= 15 is 0 Å². The van der Waals surface area contributed by atoms with Crippen LogP contribution < -0.4 is 34.9 Å². The molecule has 2 N–H and O–H groups in total. The van der Waals surface area contributed by atoms with Crippen LogP contribution in [0.2, 0.25) is 0 Å². The first-order valence-electron chi connectivity index (χ1n) is 13.8. The zero-order chi connectivity index (χ0) is 25.7. The van der Waals surface area contributed by atoms with Crippen molar-refractivity contribution in [2.24, 2.45) is 0 Å². The molecule has 0 saturated carbocycles. The molecule has 0 saturated heterocycles. The maximum Gasteiger partial charge on any atom is 1.00 e. The Kier molecular flexibility index (Phi) is 21.9. The van der Waals surface area contributed by atoms with Crippen LogP contribution in [0.5, 0.6) is 5.75 Å². The van der Waals surface area contributed by atoms with E-state index in [1.807, 2.05) is 0 Å². The van der Waals surface area contributed by atoms with Crippen molar-refractivity contribution in [2.75, 3.05) is 0 Å². The number of carbonyl (C=O) groups excluding carboxylic acids is 3. The van der Waals surface area contributed by atoms with E-state index in [9.17, 15) is 19.5 Å². The third kappa shape index (κ3) is 18.0. The van der Waals surface area contributed by atoms with E-state index in [0.717, 1.165) is 37.7 Å². The second-order valence-electron chi connectivity index (χ2n) is 9.53. The van der Waals surface area contributed by atoms with Gasteiger partial charge in [-0.25, -0.2) is 4.79 Å². The normalized spacial score (nSPS) is 11.4. The predicted octanol–water partition coefficient (Wildman–Crippen LogP) is 3.89. The zero-order valence-corrected chi connectivity index (χ0v) is 25.0. The molecule has 0 aromatic heterocycles. The number of esters is 2. The van der Waals surface area contributed by atoms with Gasteiger partial charge >= 0.3 is 41.5 Å². The molecule has 0 fully saturated rings. The van der Waals surface area contributed by atoms with Crippen molar-refractivity contribution in [1.29, 1.82) is 0 Å².